The number of rotatable bonds is 6. The SMILES string of the molecule is CC(C)Cc1ccc(C(=O)[C@H]2[C@@H](C(=O)c3cccs3)N3c4ccccc4C=C[C@@H]3[C@]23C(=O)Nc2ccccc23)cc1. The normalized spacial score (nSPS) is 23.8. The number of ketones is 2. The molecule has 0 unspecified atom stereocenters. The first-order chi connectivity index (χ1) is 19.9. The van der Waals surface area contributed by atoms with Gasteiger partial charge in [-0.25, -0.2) is 0 Å². The number of fused-ring (bicyclic) bond motifs is 6. The second kappa shape index (κ2) is 9.67. The van der Waals surface area contributed by atoms with Crippen LogP contribution in [0.4, 0.5) is 11.4 Å². The number of benzene rings is 3. The Bertz CT molecular complexity index is 1710. The van der Waals surface area contributed by atoms with Crippen LogP contribution in [-0.2, 0) is 16.6 Å². The number of thiophene rings is 1. The molecule has 41 heavy (non-hydrogen) atoms. The molecular weight excluding hydrogens is 528 g/mol. The molecule has 5 nitrogen and oxygen atoms in total. The van der Waals surface area contributed by atoms with Crippen LogP contribution in [0.3, 0.4) is 0 Å². The Morgan fingerprint density at radius 1 is 0.927 bits per heavy atom. The molecule has 6 heteroatoms. The van der Waals surface area contributed by atoms with E-state index >= 15 is 0 Å². The zero-order valence-electron chi connectivity index (χ0n) is 22.9. The second-order valence-corrected chi connectivity index (χ2v) is 12.5. The van der Waals surface area contributed by atoms with Gasteiger partial charge in [0.25, 0.3) is 0 Å². The highest BCUT2D eigenvalue weighted by atomic mass is 32.1. The second-order valence-electron chi connectivity index (χ2n) is 11.6. The molecule has 4 heterocycles. The maximum atomic E-state index is 14.9. The fraction of sp³-hybridized carbons (Fsp3) is 0.229. The number of Topliss-reactive ketones (excluding diaryl/α,β-unsaturated/α-hetero) is 2. The predicted octanol–water partition coefficient (Wildman–Crippen LogP) is 6.80. The summed E-state index contributed by atoms with van der Waals surface area (Å²) in [6.45, 7) is 4.33. The summed E-state index contributed by atoms with van der Waals surface area (Å²) in [5, 5.41) is 4.96. The number of amides is 1. The highest BCUT2D eigenvalue weighted by Gasteiger charge is 2.70. The van der Waals surface area contributed by atoms with E-state index in [0.29, 0.717) is 22.0 Å². The van der Waals surface area contributed by atoms with Crippen molar-refractivity contribution >= 4 is 46.3 Å². The maximum Gasteiger partial charge on any atom is 0.238 e. The molecule has 1 N–H and O–H groups in total. The fourth-order valence-corrected chi connectivity index (χ4v) is 7.84. The zero-order valence-corrected chi connectivity index (χ0v) is 23.7. The molecule has 3 aliphatic heterocycles. The molecule has 1 aromatic heterocycles. The van der Waals surface area contributed by atoms with E-state index < -0.39 is 23.4 Å². The van der Waals surface area contributed by atoms with Crippen LogP contribution in [0.5, 0.6) is 0 Å². The van der Waals surface area contributed by atoms with Gasteiger partial charge in [-0.3, -0.25) is 14.4 Å². The number of carbonyl (C=O) groups is 3. The topological polar surface area (TPSA) is 66.5 Å². The zero-order chi connectivity index (χ0) is 28.3. The number of hydrogen-bond donors (Lipinski definition) is 1. The lowest BCUT2D eigenvalue weighted by Gasteiger charge is -2.37. The number of anilines is 2. The quantitative estimate of drug-likeness (QED) is 0.264. The van der Waals surface area contributed by atoms with Gasteiger partial charge in [-0.15, -0.1) is 11.3 Å². The van der Waals surface area contributed by atoms with Gasteiger partial charge in [-0.1, -0.05) is 92.7 Å². The van der Waals surface area contributed by atoms with Crippen molar-refractivity contribution in [3.8, 4) is 0 Å². The van der Waals surface area contributed by atoms with Crippen molar-refractivity contribution in [2.45, 2.75) is 37.8 Å². The van der Waals surface area contributed by atoms with Crippen LogP contribution >= 0.6 is 11.3 Å². The van der Waals surface area contributed by atoms with E-state index in [9.17, 15) is 14.4 Å². The summed E-state index contributed by atoms with van der Waals surface area (Å²) in [6, 6.07) is 25.5. The van der Waals surface area contributed by atoms with Gasteiger partial charge in [0, 0.05) is 16.9 Å². The van der Waals surface area contributed by atoms with E-state index in [2.05, 4.69) is 24.1 Å². The molecule has 3 aliphatic rings. The summed E-state index contributed by atoms with van der Waals surface area (Å²) in [7, 11) is 0. The van der Waals surface area contributed by atoms with Crippen molar-refractivity contribution in [2.75, 3.05) is 10.2 Å². The lowest BCUT2D eigenvalue weighted by Crippen LogP contribution is -2.51. The van der Waals surface area contributed by atoms with Crippen molar-refractivity contribution < 1.29 is 14.4 Å². The summed E-state index contributed by atoms with van der Waals surface area (Å²) >= 11 is 1.37. The summed E-state index contributed by atoms with van der Waals surface area (Å²) in [4.78, 5) is 46.4. The van der Waals surface area contributed by atoms with Gasteiger partial charge in [0.05, 0.1) is 16.8 Å². The molecule has 1 amide bonds. The van der Waals surface area contributed by atoms with Crippen molar-refractivity contribution in [2.24, 2.45) is 11.8 Å². The first-order valence-electron chi connectivity index (χ1n) is 14.1. The van der Waals surface area contributed by atoms with E-state index in [0.717, 1.165) is 28.8 Å². The molecule has 7 rings (SSSR count). The molecule has 0 saturated carbocycles. The maximum absolute atomic E-state index is 14.9. The monoisotopic (exact) mass is 558 g/mol. The largest absolute Gasteiger partial charge is 0.352 e. The van der Waals surface area contributed by atoms with Crippen LogP contribution in [0.1, 0.15) is 50.6 Å². The van der Waals surface area contributed by atoms with Crippen LogP contribution < -0.4 is 10.2 Å². The third-order valence-corrected chi connectivity index (χ3v) is 9.62. The van der Waals surface area contributed by atoms with Crippen LogP contribution in [0, 0.1) is 11.8 Å². The van der Waals surface area contributed by atoms with E-state index in [4.69, 9.17) is 0 Å². The number of para-hydroxylation sites is 2. The highest BCUT2D eigenvalue weighted by Crippen LogP contribution is 2.58. The van der Waals surface area contributed by atoms with E-state index in [-0.39, 0.29) is 17.5 Å². The van der Waals surface area contributed by atoms with Crippen molar-refractivity contribution in [3.05, 3.63) is 124 Å². The van der Waals surface area contributed by atoms with E-state index in [1.165, 1.54) is 11.3 Å². The molecule has 204 valence electrons. The van der Waals surface area contributed by atoms with Gasteiger partial charge in [0.1, 0.15) is 11.5 Å². The molecular formula is C35H30N2O3S. The van der Waals surface area contributed by atoms with Gasteiger partial charge in [0.2, 0.25) is 5.91 Å². The minimum atomic E-state index is -1.29. The van der Waals surface area contributed by atoms with E-state index in [1.54, 1.807) is 0 Å². The minimum Gasteiger partial charge on any atom is -0.352 e. The lowest BCUT2D eigenvalue weighted by atomic mass is 9.64. The van der Waals surface area contributed by atoms with Gasteiger partial charge in [-0.2, -0.15) is 0 Å². The summed E-state index contributed by atoms with van der Waals surface area (Å²) in [5.41, 5.74) is 3.66. The van der Waals surface area contributed by atoms with Gasteiger partial charge < -0.3 is 10.2 Å². The number of nitrogens with zero attached hydrogens (tertiary/aromatic N) is 1. The van der Waals surface area contributed by atoms with Gasteiger partial charge >= 0.3 is 0 Å². The predicted molar refractivity (Wildman–Crippen MR) is 164 cm³/mol. The van der Waals surface area contributed by atoms with Crippen LogP contribution in [0.25, 0.3) is 6.08 Å². The lowest BCUT2D eigenvalue weighted by molar-refractivity contribution is -0.121. The Kier molecular flexibility index (Phi) is 6.05. The summed E-state index contributed by atoms with van der Waals surface area (Å²) < 4.78 is 0. The van der Waals surface area contributed by atoms with Crippen LogP contribution in [0.2, 0.25) is 0 Å². The smallest absolute Gasteiger partial charge is 0.238 e. The molecule has 0 bridgehead atoms. The summed E-state index contributed by atoms with van der Waals surface area (Å²) in [6.07, 6.45) is 4.94. The molecule has 4 aromatic rings. The van der Waals surface area contributed by atoms with Gasteiger partial charge in [-0.05, 0) is 52.6 Å². The fourth-order valence-electron chi connectivity index (χ4n) is 7.14. The third kappa shape index (κ3) is 3.77. The van der Waals surface area contributed by atoms with Crippen molar-refractivity contribution in [3.63, 3.8) is 0 Å². The standard InChI is InChI=1S/C35H30N2O3S/c1-21(2)20-22-13-15-24(16-14-22)32(38)30-31(33(39)28-12-7-19-41-28)37-27-11-6-3-8-23(27)17-18-29(37)35(30)25-9-4-5-10-26(25)36-34(35)40/h3-19,21,29-31H,20H2,1-2H3,(H,36,40)/t29-,30-,31+,35+/m1/s1. The number of nitrogens with one attached hydrogen (secondary N) is 1. The first kappa shape index (κ1) is 25.7. The molecule has 0 radical (unpaired) electrons. The van der Waals surface area contributed by atoms with Crippen molar-refractivity contribution in [1.82, 2.24) is 0 Å². The molecule has 4 atom stereocenters. The Labute approximate surface area is 243 Å². The Morgan fingerprint density at radius 3 is 2.44 bits per heavy atom. The first-order valence-corrected chi connectivity index (χ1v) is 15.0. The molecule has 1 fully saturated rings. The Balaban J connectivity index is 1.48. The number of hydrogen-bond acceptors (Lipinski definition) is 5. The average Bonchev–Trinajstić information content (AvgIpc) is 3.69. The molecule has 3 aromatic carbocycles. The Morgan fingerprint density at radius 2 is 1.68 bits per heavy atom. The molecule has 1 saturated heterocycles. The Hall–Kier alpha value is -4.29. The van der Waals surface area contributed by atoms with Crippen molar-refractivity contribution in [1.29, 1.82) is 0 Å². The van der Waals surface area contributed by atoms with Crippen LogP contribution in [-0.4, -0.2) is 29.6 Å². The minimum absolute atomic E-state index is 0.140. The highest BCUT2D eigenvalue weighted by molar-refractivity contribution is 7.12. The van der Waals surface area contributed by atoms with Crippen LogP contribution in [0.15, 0.2) is 96.4 Å². The molecule has 1 spiro atoms. The molecule has 0 aliphatic carbocycles. The van der Waals surface area contributed by atoms with E-state index in [1.807, 2.05) is 102 Å². The van der Waals surface area contributed by atoms with Gasteiger partial charge in [0.15, 0.2) is 11.6 Å². The number of carbonyl (C=O) groups excluding carboxylic acids is 3. The summed E-state index contributed by atoms with van der Waals surface area (Å²) in [5.74, 6) is -1.03. The average molecular weight is 559 g/mol. The third-order valence-electron chi connectivity index (χ3n) is 8.74.